The summed E-state index contributed by atoms with van der Waals surface area (Å²) in [6.45, 7) is 3.44. The highest BCUT2D eigenvalue weighted by atomic mass is 19.4. The van der Waals surface area contributed by atoms with Crippen LogP contribution in [0.2, 0.25) is 0 Å². The van der Waals surface area contributed by atoms with Crippen molar-refractivity contribution in [2.75, 3.05) is 42.6 Å². The lowest BCUT2D eigenvalue weighted by molar-refractivity contribution is -0.192. The van der Waals surface area contributed by atoms with Gasteiger partial charge in [-0.15, -0.1) is 0 Å². The van der Waals surface area contributed by atoms with E-state index in [2.05, 4.69) is 14.8 Å². The third-order valence-corrected chi connectivity index (χ3v) is 5.54. The van der Waals surface area contributed by atoms with E-state index in [4.69, 9.17) is 24.6 Å². The van der Waals surface area contributed by atoms with Gasteiger partial charge in [0.2, 0.25) is 5.95 Å². The van der Waals surface area contributed by atoms with Gasteiger partial charge in [-0.1, -0.05) is 0 Å². The van der Waals surface area contributed by atoms with Crippen LogP contribution in [-0.4, -0.2) is 70.2 Å². The van der Waals surface area contributed by atoms with E-state index in [0.717, 1.165) is 35.7 Å². The van der Waals surface area contributed by atoms with Crippen molar-refractivity contribution in [3.8, 4) is 17.0 Å². The van der Waals surface area contributed by atoms with Crippen LogP contribution < -0.4 is 9.80 Å². The van der Waals surface area contributed by atoms with Crippen LogP contribution in [0, 0.1) is 5.82 Å². The number of pyridine rings is 1. The lowest BCUT2D eigenvalue weighted by Gasteiger charge is -2.28. The van der Waals surface area contributed by atoms with Gasteiger partial charge < -0.3 is 24.7 Å². The maximum atomic E-state index is 13.6. The molecule has 9 nitrogen and oxygen atoms in total. The van der Waals surface area contributed by atoms with E-state index >= 15 is 0 Å². The average Bonchev–Trinajstić information content (AvgIpc) is 3.30. The summed E-state index contributed by atoms with van der Waals surface area (Å²) < 4.78 is 50.8. The molecule has 0 atom stereocenters. The Labute approximate surface area is 202 Å². The molecule has 2 aromatic heterocycles. The second-order valence-corrected chi connectivity index (χ2v) is 7.85. The number of aliphatic carboxylic acids is 1. The Morgan fingerprint density at radius 3 is 2.31 bits per heavy atom. The van der Waals surface area contributed by atoms with Crippen molar-refractivity contribution in [2.45, 2.75) is 12.6 Å². The number of fused-ring (bicyclic) bond motifs is 1. The number of aromatic hydroxyl groups is 1. The Balaban J connectivity index is 0.000000384. The number of carboxylic acids is 1. The van der Waals surface area contributed by atoms with Crippen molar-refractivity contribution in [1.29, 1.82) is 0 Å². The summed E-state index contributed by atoms with van der Waals surface area (Å²) in [7, 11) is 0. The zero-order valence-corrected chi connectivity index (χ0v) is 18.7. The molecule has 0 spiro atoms. The van der Waals surface area contributed by atoms with E-state index in [1.54, 1.807) is 18.5 Å². The van der Waals surface area contributed by atoms with Gasteiger partial charge in [0, 0.05) is 48.8 Å². The van der Waals surface area contributed by atoms with Gasteiger partial charge in [0.1, 0.15) is 5.82 Å². The normalized spacial score (nSPS) is 15.2. The quantitative estimate of drug-likeness (QED) is 0.514. The Morgan fingerprint density at radius 1 is 1.03 bits per heavy atom. The minimum absolute atomic E-state index is 0.383. The molecule has 3 aromatic rings. The number of alkyl halides is 3. The molecule has 2 aliphatic heterocycles. The van der Waals surface area contributed by atoms with Crippen molar-refractivity contribution in [2.24, 2.45) is 0 Å². The fourth-order valence-electron chi connectivity index (χ4n) is 3.82. The minimum atomic E-state index is -5.08. The Bertz CT molecular complexity index is 1240. The standard InChI is InChI=1S/C21H20FN5O2.C2HF3O2/c22-17-2-1-14(13-18(17)28)19-16-5-8-27(15-3-6-23-7-4-15)20(16)25-21(24-19)26-9-11-29-12-10-26;3-2(4,5)1(6)7/h1-4,6-7,13,28H,5,8-12H2;(H,6,7). The number of hydrogen-bond acceptors (Lipinski definition) is 8. The zero-order chi connectivity index (χ0) is 25.9. The predicted octanol–water partition coefficient (Wildman–Crippen LogP) is 3.55. The van der Waals surface area contributed by atoms with Gasteiger partial charge in [0.15, 0.2) is 11.6 Å². The Kier molecular flexibility index (Phi) is 7.20. The molecule has 1 fully saturated rings. The first-order valence-electron chi connectivity index (χ1n) is 10.9. The number of nitrogens with zero attached hydrogens (tertiary/aromatic N) is 5. The van der Waals surface area contributed by atoms with Crippen molar-refractivity contribution < 1.29 is 37.3 Å². The number of aromatic nitrogens is 3. The molecule has 0 amide bonds. The molecule has 0 radical (unpaired) electrons. The molecule has 0 saturated carbocycles. The molecule has 1 aromatic carbocycles. The van der Waals surface area contributed by atoms with E-state index < -0.39 is 18.0 Å². The monoisotopic (exact) mass is 507 g/mol. The van der Waals surface area contributed by atoms with E-state index in [-0.39, 0.29) is 5.75 Å². The van der Waals surface area contributed by atoms with Crippen molar-refractivity contribution in [1.82, 2.24) is 15.0 Å². The van der Waals surface area contributed by atoms with Crippen LogP contribution in [0.5, 0.6) is 5.75 Å². The smallest absolute Gasteiger partial charge is 0.490 e. The molecule has 190 valence electrons. The first-order chi connectivity index (χ1) is 17.1. The topological polar surface area (TPSA) is 112 Å². The molecule has 5 rings (SSSR count). The van der Waals surface area contributed by atoms with Gasteiger partial charge in [0.25, 0.3) is 0 Å². The number of phenolic OH excluding ortho intramolecular Hbond substituents is 1. The summed E-state index contributed by atoms with van der Waals surface area (Å²) in [5, 5.41) is 17.0. The summed E-state index contributed by atoms with van der Waals surface area (Å²) in [5.74, 6) is -2.33. The Morgan fingerprint density at radius 2 is 1.69 bits per heavy atom. The summed E-state index contributed by atoms with van der Waals surface area (Å²) in [6, 6.07) is 8.25. The molecule has 1 saturated heterocycles. The molecule has 36 heavy (non-hydrogen) atoms. The van der Waals surface area contributed by atoms with Crippen LogP contribution in [0.15, 0.2) is 42.7 Å². The highest BCUT2D eigenvalue weighted by molar-refractivity contribution is 5.77. The van der Waals surface area contributed by atoms with Crippen LogP contribution in [0.4, 0.5) is 35.0 Å². The Hall–Kier alpha value is -4.00. The number of hydrogen-bond donors (Lipinski definition) is 2. The van der Waals surface area contributed by atoms with Gasteiger partial charge in [-0.3, -0.25) is 4.98 Å². The van der Waals surface area contributed by atoms with Crippen molar-refractivity contribution >= 4 is 23.4 Å². The number of rotatable bonds is 3. The molecular weight excluding hydrogens is 486 g/mol. The maximum Gasteiger partial charge on any atom is 0.490 e. The third-order valence-electron chi connectivity index (χ3n) is 5.54. The minimum Gasteiger partial charge on any atom is -0.505 e. The van der Waals surface area contributed by atoms with Gasteiger partial charge in [-0.05, 0) is 36.8 Å². The number of carbonyl (C=O) groups is 1. The van der Waals surface area contributed by atoms with E-state index in [0.29, 0.717) is 37.8 Å². The van der Waals surface area contributed by atoms with Crippen LogP contribution >= 0.6 is 0 Å². The summed E-state index contributed by atoms with van der Waals surface area (Å²) in [4.78, 5) is 27.0. The molecule has 0 aliphatic carbocycles. The molecule has 4 heterocycles. The largest absolute Gasteiger partial charge is 0.505 e. The average molecular weight is 507 g/mol. The fourth-order valence-corrected chi connectivity index (χ4v) is 3.82. The second-order valence-electron chi connectivity index (χ2n) is 7.85. The summed E-state index contributed by atoms with van der Waals surface area (Å²) in [5.41, 5.74) is 3.40. The van der Waals surface area contributed by atoms with Gasteiger partial charge in [-0.25, -0.2) is 14.2 Å². The van der Waals surface area contributed by atoms with Crippen LogP contribution in [0.25, 0.3) is 11.3 Å². The van der Waals surface area contributed by atoms with Crippen molar-refractivity contribution in [3.63, 3.8) is 0 Å². The number of benzene rings is 1. The van der Waals surface area contributed by atoms with Gasteiger partial charge in [-0.2, -0.15) is 18.2 Å². The van der Waals surface area contributed by atoms with E-state index in [1.165, 1.54) is 12.1 Å². The lowest BCUT2D eigenvalue weighted by atomic mass is 10.0. The number of anilines is 3. The summed E-state index contributed by atoms with van der Waals surface area (Å²) in [6.07, 6.45) is -0.804. The molecule has 0 bridgehead atoms. The van der Waals surface area contributed by atoms with Gasteiger partial charge >= 0.3 is 12.1 Å². The molecule has 2 aliphatic rings. The number of halogens is 4. The molecular formula is C23H21F4N5O4. The highest BCUT2D eigenvalue weighted by Crippen LogP contribution is 2.39. The highest BCUT2D eigenvalue weighted by Gasteiger charge is 2.38. The number of ether oxygens (including phenoxy) is 1. The van der Waals surface area contributed by atoms with Crippen LogP contribution in [0.1, 0.15) is 5.56 Å². The fraction of sp³-hybridized carbons (Fsp3) is 0.304. The van der Waals surface area contributed by atoms with E-state index in [9.17, 15) is 22.7 Å². The second kappa shape index (κ2) is 10.3. The number of morpholine rings is 1. The van der Waals surface area contributed by atoms with Crippen molar-refractivity contribution in [3.05, 3.63) is 54.1 Å². The van der Waals surface area contributed by atoms with Gasteiger partial charge in [0.05, 0.1) is 18.9 Å². The first kappa shape index (κ1) is 25.1. The summed E-state index contributed by atoms with van der Waals surface area (Å²) >= 11 is 0. The zero-order valence-electron chi connectivity index (χ0n) is 18.7. The van der Waals surface area contributed by atoms with Crippen LogP contribution in [0.3, 0.4) is 0 Å². The van der Waals surface area contributed by atoms with E-state index in [1.807, 2.05) is 12.1 Å². The molecule has 0 unspecified atom stereocenters. The molecule has 13 heteroatoms. The number of phenols is 1. The SMILES string of the molecule is O=C(O)C(F)(F)F.Oc1cc(-c2nc(N3CCOCC3)nc3c2CCN3c2ccncc2)ccc1F. The number of carboxylic acid groups (broad SMARTS) is 1. The van der Waals surface area contributed by atoms with Crippen LogP contribution in [-0.2, 0) is 16.0 Å². The molecule has 2 N–H and O–H groups in total. The third kappa shape index (κ3) is 5.46. The first-order valence-corrected chi connectivity index (χ1v) is 10.9. The lowest BCUT2D eigenvalue weighted by Crippen LogP contribution is -2.37. The predicted molar refractivity (Wildman–Crippen MR) is 121 cm³/mol. The maximum absolute atomic E-state index is 13.6.